The van der Waals surface area contributed by atoms with Crippen molar-refractivity contribution in [3.05, 3.63) is 42.2 Å². The summed E-state index contributed by atoms with van der Waals surface area (Å²) in [6.07, 6.45) is 6.87. The molecule has 0 unspecified atom stereocenters. The van der Waals surface area contributed by atoms with E-state index in [1.54, 1.807) is 12.1 Å². The summed E-state index contributed by atoms with van der Waals surface area (Å²) in [6, 6.07) is 9.06. The van der Waals surface area contributed by atoms with Crippen LogP contribution in [-0.2, 0) is 21.9 Å². The number of hydrogen-bond donors (Lipinski definition) is 1. The van der Waals surface area contributed by atoms with Gasteiger partial charge in [0.15, 0.2) is 0 Å². The van der Waals surface area contributed by atoms with Crippen LogP contribution in [0.4, 0.5) is 5.69 Å². The molecule has 8 nitrogen and oxygen atoms in total. The third-order valence-corrected chi connectivity index (χ3v) is 8.41. The van der Waals surface area contributed by atoms with Crippen molar-refractivity contribution in [3.63, 3.8) is 0 Å². The Hall–Kier alpha value is -2.36. The van der Waals surface area contributed by atoms with Crippen LogP contribution in [0.2, 0.25) is 0 Å². The van der Waals surface area contributed by atoms with Crippen molar-refractivity contribution in [2.45, 2.75) is 50.0 Å². The molecule has 0 aliphatic carbocycles. The van der Waals surface area contributed by atoms with Gasteiger partial charge in [-0.1, -0.05) is 6.42 Å². The van der Waals surface area contributed by atoms with Gasteiger partial charge >= 0.3 is 0 Å². The Morgan fingerprint density at radius 3 is 2.61 bits per heavy atom. The SMILES string of the molecule is CCOc1ccc(S(=O)(=O)N2CCCCC2)cc1NC(=O)CN1CCC[C@@H]1c1cccn1C. The minimum atomic E-state index is -3.60. The predicted octanol–water partition coefficient (Wildman–Crippen LogP) is 3.37. The third-order valence-electron chi connectivity index (χ3n) is 6.51. The van der Waals surface area contributed by atoms with E-state index in [1.165, 1.54) is 16.1 Å². The summed E-state index contributed by atoms with van der Waals surface area (Å²) in [6.45, 7) is 4.44. The van der Waals surface area contributed by atoms with Gasteiger partial charge in [-0.05, 0) is 69.5 Å². The number of carbonyl (C=O) groups is 1. The number of carbonyl (C=O) groups excluding carboxylic acids is 1. The molecule has 1 atom stereocenters. The lowest BCUT2D eigenvalue weighted by Crippen LogP contribution is -2.35. The average Bonchev–Trinajstić information content (AvgIpc) is 3.43. The zero-order valence-corrected chi connectivity index (χ0v) is 20.3. The number of amides is 1. The first-order valence-corrected chi connectivity index (χ1v) is 13.3. The molecule has 0 radical (unpaired) electrons. The van der Waals surface area contributed by atoms with Crippen LogP contribution in [0.15, 0.2) is 41.4 Å². The van der Waals surface area contributed by atoms with E-state index >= 15 is 0 Å². The van der Waals surface area contributed by atoms with Crippen molar-refractivity contribution in [1.82, 2.24) is 13.8 Å². The highest BCUT2D eigenvalue weighted by molar-refractivity contribution is 7.89. The Kier molecular flexibility index (Phi) is 7.41. The number of anilines is 1. The lowest BCUT2D eigenvalue weighted by atomic mass is 10.1. The van der Waals surface area contributed by atoms with Gasteiger partial charge in [-0.3, -0.25) is 9.69 Å². The van der Waals surface area contributed by atoms with Crippen molar-refractivity contribution in [3.8, 4) is 5.75 Å². The number of likely N-dealkylation sites (tertiary alicyclic amines) is 1. The van der Waals surface area contributed by atoms with E-state index in [0.29, 0.717) is 31.1 Å². The van der Waals surface area contributed by atoms with Crippen LogP contribution >= 0.6 is 0 Å². The second-order valence-electron chi connectivity index (χ2n) is 8.78. The first-order valence-electron chi connectivity index (χ1n) is 11.8. The molecule has 180 valence electrons. The number of sulfonamides is 1. The first-order chi connectivity index (χ1) is 15.9. The van der Waals surface area contributed by atoms with E-state index in [4.69, 9.17) is 4.74 Å². The standard InChI is InChI=1S/C24H34N4O4S/c1-3-32-23-12-11-19(33(30,31)28-15-5-4-6-16-28)17-20(23)25-24(29)18-27-14-8-10-22(27)21-9-7-13-26(21)2/h7,9,11-13,17,22H,3-6,8,10,14-16,18H2,1-2H3,(H,25,29)/t22-/m1/s1. The minimum absolute atomic E-state index is 0.176. The van der Waals surface area contributed by atoms with Crippen molar-refractivity contribution in [1.29, 1.82) is 0 Å². The lowest BCUT2D eigenvalue weighted by molar-refractivity contribution is -0.117. The van der Waals surface area contributed by atoms with Crippen LogP contribution < -0.4 is 10.1 Å². The molecule has 1 amide bonds. The van der Waals surface area contributed by atoms with E-state index in [-0.39, 0.29) is 23.4 Å². The summed E-state index contributed by atoms with van der Waals surface area (Å²) in [5.41, 5.74) is 1.60. The number of ether oxygens (including phenoxy) is 1. The van der Waals surface area contributed by atoms with E-state index in [0.717, 1.165) is 38.6 Å². The minimum Gasteiger partial charge on any atom is -0.492 e. The van der Waals surface area contributed by atoms with E-state index in [9.17, 15) is 13.2 Å². The lowest BCUT2D eigenvalue weighted by Gasteiger charge is -2.26. The molecule has 2 aliphatic heterocycles. The van der Waals surface area contributed by atoms with E-state index in [2.05, 4.69) is 20.9 Å². The Morgan fingerprint density at radius 1 is 1.12 bits per heavy atom. The van der Waals surface area contributed by atoms with Crippen molar-refractivity contribution < 1.29 is 17.9 Å². The molecule has 2 fully saturated rings. The second kappa shape index (κ2) is 10.3. The van der Waals surface area contributed by atoms with Gasteiger partial charge in [0.2, 0.25) is 15.9 Å². The molecular formula is C24H34N4O4S. The zero-order chi connectivity index (χ0) is 23.4. The number of rotatable bonds is 8. The van der Waals surface area contributed by atoms with Crippen LogP contribution in [-0.4, -0.2) is 60.9 Å². The highest BCUT2D eigenvalue weighted by atomic mass is 32.2. The quantitative estimate of drug-likeness (QED) is 0.634. The van der Waals surface area contributed by atoms with Crippen molar-refractivity contribution in [2.24, 2.45) is 7.05 Å². The zero-order valence-electron chi connectivity index (χ0n) is 19.5. The van der Waals surface area contributed by atoms with E-state index in [1.807, 2.05) is 26.2 Å². The fourth-order valence-corrected chi connectivity index (χ4v) is 6.39. The Labute approximate surface area is 196 Å². The highest BCUT2D eigenvalue weighted by Gasteiger charge is 2.30. The molecule has 0 saturated carbocycles. The summed E-state index contributed by atoms with van der Waals surface area (Å²) in [7, 11) is -1.58. The van der Waals surface area contributed by atoms with Crippen LogP contribution in [0.5, 0.6) is 5.75 Å². The number of aromatic nitrogens is 1. The largest absolute Gasteiger partial charge is 0.492 e. The summed E-state index contributed by atoms with van der Waals surface area (Å²) >= 11 is 0. The fourth-order valence-electron chi connectivity index (χ4n) is 4.85. The molecule has 1 N–H and O–H groups in total. The number of nitrogens with one attached hydrogen (secondary N) is 1. The van der Waals surface area contributed by atoms with Crippen molar-refractivity contribution in [2.75, 3.05) is 38.1 Å². The molecule has 0 bridgehead atoms. The normalized spacial score (nSPS) is 20.1. The summed E-state index contributed by atoms with van der Waals surface area (Å²) in [4.78, 5) is 15.4. The molecule has 2 aliphatic rings. The molecule has 3 heterocycles. The van der Waals surface area contributed by atoms with Gasteiger partial charge in [-0.2, -0.15) is 4.31 Å². The molecule has 4 rings (SSSR count). The van der Waals surface area contributed by atoms with Gasteiger partial charge in [-0.15, -0.1) is 0 Å². The average molecular weight is 475 g/mol. The van der Waals surface area contributed by atoms with E-state index < -0.39 is 10.0 Å². The molecule has 33 heavy (non-hydrogen) atoms. The summed E-state index contributed by atoms with van der Waals surface area (Å²) in [5.74, 6) is 0.299. The smallest absolute Gasteiger partial charge is 0.243 e. The van der Waals surface area contributed by atoms with Crippen LogP contribution in [0.25, 0.3) is 0 Å². The predicted molar refractivity (Wildman–Crippen MR) is 128 cm³/mol. The number of piperidine rings is 1. The van der Waals surface area contributed by atoms with Gasteiger partial charge < -0.3 is 14.6 Å². The Balaban J connectivity index is 1.51. The summed E-state index contributed by atoms with van der Waals surface area (Å²) < 4.78 is 35.6. The number of aryl methyl sites for hydroxylation is 1. The van der Waals surface area contributed by atoms with Crippen LogP contribution in [0, 0.1) is 0 Å². The summed E-state index contributed by atoms with van der Waals surface area (Å²) in [5, 5.41) is 2.92. The number of hydrogen-bond acceptors (Lipinski definition) is 5. The molecule has 0 spiro atoms. The number of benzene rings is 1. The van der Waals surface area contributed by atoms with Gasteiger partial charge in [-0.25, -0.2) is 8.42 Å². The van der Waals surface area contributed by atoms with Crippen LogP contribution in [0.3, 0.4) is 0 Å². The Morgan fingerprint density at radius 2 is 1.91 bits per heavy atom. The topological polar surface area (TPSA) is 83.9 Å². The molecule has 1 aromatic carbocycles. The molecular weight excluding hydrogens is 440 g/mol. The van der Waals surface area contributed by atoms with Crippen molar-refractivity contribution >= 4 is 21.6 Å². The fraction of sp³-hybridized carbons (Fsp3) is 0.542. The van der Waals surface area contributed by atoms with Crippen LogP contribution in [0.1, 0.15) is 50.8 Å². The maximum atomic E-state index is 13.1. The second-order valence-corrected chi connectivity index (χ2v) is 10.7. The molecule has 2 saturated heterocycles. The maximum Gasteiger partial charge on any atom is 0.243 e. The van der Waals surface area contributed by atoms with Gasteiger partial charge in [0.25, 0.3) is 0 Å². The molecule has 1 aromatic heterocycles. The maximum absolute atomic E-state index is 13.1. The molecule has 2 aromatic rings. The highest BCUT2D eigenvalue weighted by Crippen LogP contribution is 2.33. The van der Waals surface area contributed by atoms with Gasteiger partial charge in [0.1, 0.15) is 5.75 Å². The molecule has 9 heteroatoms. The first kappa shape index (κ1) is 23.8. The Bertz CT molecular complexity index is 1080. The third kappa shape index (κ3) is 5.26. The monoisotopic (exact) mass is 474 g/mol. The number of nitrogens with zero attached hydrogens (tertiary/aromatic N) is 3. The van der Waals surface area contributed by atoms with Gasteiger partial charge in [0, 0.05) is 32.0 Å². The van der Waals surface area contributed by atoms with Gasteiger partial charge in [0.05, 0.1) is 29.8 Å².